The highest BCUT2D eigenvalue weighted by Gasteiger charge is 2.17. The Hall–Kier alpha value is -1.46. The molecule has 1 atom stereocenters. The highest BCUT2D eigenvalue weighted by molar-refractivity contribution is 9.10. The molecule has 20 heavy (non-hydrogen) atoms. The van der Waals surface area contributed by atoms with Crippen molar-refractivity contribution in [2.24, 2.45) is 12.8 Å². The predicted octanol–water partition coefficient (Wildman–Crippen LogP) is 2.69. The minimum atomic E-state index is -0.253. The molecule has 0 saturated heterocycles. The molecule has 0 saturated carbocycles. The van der Waals surface area contributed by atoms with Gasteiger partial charge in [0.05, 0.1) is 15.9 Å². The van der Waals surface area contributed by atoms with Crippen molar-refractivity contribution < 1.29 is 4.79 Å². The van der Waals surface area contributed by atoms with E-state index in [0.29, 0.717) is 12.8 Å². The first-order chi connectivity index (χ1) is 9.49. The van der Waals surface area contributed by atoms with Crippen LogP contribution < -0.4 is 5.73 Å². The van der Waals surface area contributed by atoms with Gasteiger partial charge in [0.15, 0.2) is 0 Å². The van der Waals surface area contributed by atoms with Crippen molar-refractivity contribution in [1.82, 2.24) is 9.78 Å². The summed E-state index contributed by atoms with van der Waals surface area (Å²) in [6, 6.07) is 9.44. The standard InChI is InChI=1S/C15H18BrN3O/c1-10-15(16)14(19(2)18-10)9-12(20)8-13(17)11-6-4-3-5-7-11/h3-7,13H,8-9,17H2,1-2H3. The largest absolute Gasteiger partial charge is 0.324 e. The lowest BCUT2D eigenvalue weighted by molar-refractivity contribution is -0.118. The summed E-state index contributed by atoms with van der Waals surface area (Å²) in [7, 11) is 1.84. The number of ketones is 1. The average molecular weight is 336 g/mol. The summed E-state index contributed by atoms with van der Waals surface area (Å²) in [6.07, 6.45) is 0.680. The summed E-state index contributed by atoms with van der Waals surface area (Å²) in [4.78, 5) is 12.2. The van der Waals surface area contributed by atoms with Gasteiger partial charge in [-0.1, -0.05) is 30.3 Å². The Morgan fingerprint density at radius 2 is 2.05 bits per heavy atom. The molecule has 5 heteroatoms. The van der Waals surface area contributed by atoms with Crippen molar-refractivity contribution in [2.75, 3.05) is 0 Å². The zero-order valence-corrected chi connectivity index (χ0v) is 13.2. The van der Waals surface area contributed by atoms with Crippen molar-refractivity contribution >= 4 is 21.7 Å². The van der Waals surface area contributed by atoms with Crippen LogP contribution in [0.3, 0.4) is 0 Å². The summed E-state index contributed by atoms with van der Waals surface area (Å²) in [5.74, 6) is 0.116. The lowest BCUT2D eigenvalue weighted by Crippen LogP contribution is -2.17. The van der Waals surface area contributed by atoms with E-state index in [4.69, 9.17) is 5.73 Å². The second kappa shape index (κ2) is 6.33. The van der Waals surface area contributed by atoms with Gasteiger partial charge in [-0.15, -0.1) is 0 Å². The molecule has 0 aliphatic heterocycles. The molecular formula is C15H18BrN3O. The number of carbonyl (C=O) groups is 1. The molecule has 2 rings (SSSR count). The number of Topliss-reactive ketones (excluding diaryl/α,β-unsaturated/α-hetero) is 1. The van der Waals surface area contributed by atoms with Crippen LogP contribution in [0.1, 0.15) is 29.4 Å². The first-order valence-corrected chi connectivity index (χ1v) is 7.28. The zero-order chi connectivity index (χ0) is 14.7. The number of aryl methyl sites for hydroxylation is 2. The van der Waals surface area contributed by atoms with E-state index in [2.05, 4.69) is 21.0 Å². The van der Waals surface area contributed by atoms with Crippen LogP contribution in [0.4, 0.5) is 0 Å². The summed E-state index contributed by atoms with van der Waals surface area (Å²) < 4.78 is 2.65. The summed E-state index contributed by atoms with van der Waals surface area (Å²) in [6.45, 7) is 1.91. The maximum atomic E-state index is 12.2. The van der Waals surface area contributed by atoms with E-state index in [0.717, 1.165) is 21.4 Å². The molecule has 2 aromatic rings. The van der Waals surface area contributed by atoms with Gasteiger partial charge < -0.3 is 5.73 Å². The molecule has 0 amide bonds. The normalized spacial score (nSPS) is 12.4. The van der Waals surface area contributed by atoms with Gasteiger partial charge in [-0.2, -0.15) is 5.10 Å². The third-order valence-electron chi connectivity index (χ3n) is 3.30. The number of carbonyl (C=O) groups excluding carboxylic acids is 1. The van der Waals surface area contributed by atoms with Gasteiger partial charge in [-0.05, 0) is 28.4 Å². The van der Waals surface area contributed by atoms with Gasteiger partial charge in [-0.25, -0.2) is 0 Å². The average Bonchev–Trinajstić information content (AvgIpc) is 2.66. The van der Waals surface area contributed by atoms with E-state index in [1.54, 1.807) is 4.68 Å². The maximum Gasteiger partial charge on any atom is 0.140 e. The summed E-state index contributed by atoms with van der Waals surface area (Å²) in [5.41, 5.74) is 8.85. The molecule has 1 unspecified atom stereocenters. The molecule has 106 valence electrons. The Balaban J connectivity index is 2.03. The Morgan fingerprint density at radius 3 is 2.60 bits per heavy atom. The third-order valence-corrected chi connectivity index (χ3v) is 4.33. The topological polar surface area (TPSA) is 60.9 Å². The minimum absolute atomic E-state index is 0.116. The molecule has 0 bridgehead atoms. The number of aromatic nitrogens is 2. The second-order valence-corrected chi connectivity index (χ2v) is 5.70. The van der Waals surface area contributed by atoms with Crippen LogP contribution in [-0.4, -0.2) is 15.6 Å². The van der Waals surface area contributed by atoms with Crippen LogP contribution in [-0.2, 0) is 18.3 Å². The maximum absolute atomic E-state index is 12.2. The number of nitrogens with two attached hydrogens (primary N) is 1. The van der Waals surface area contributed by atoms with Gasteiger partial charge in [0.1, 0.15) is 5.78 Å². The fourth-order valence-corrected chi connectivity index (χ4v) is 2.67. The number of nitrogens with zero attached hydrogens (tertiary/aromatic N) is 2. The van der Waals surface area contributed by atoms with Crippen LogP contribution in [0.25, 0.3) is 0 Å². The number of hydrogen-bond acceptors (Lipinski definition) is 3. The first-order valence-electron chi connectivity index (χ1n) is 6.49. The van der Waals surface area contributed by atoms with Gasteiger partial charge in [0, 0.05) is 25.9 Å². The summed E-state index contributed by atoms with van der Waals surface area (Å²) in [5, 5.41) is 4.29. The third kappa shape index (κ3) is 3.35. The highest BCUT2D eigenvalue weighted by Crippen LogP contribution is 2.22. The quantitative estimate of drug-likeness (QED) is 0.913. The van der Waals surface area contributed by atoms with Crippen LogP contribution >= 0.6 is 15.9 Å². The molecular weight excluding hydrogens is 318 g/mol. The van der Waals surface area contributed by atoms with Gasteiger partial charge in [0.2, 0.25) is 0 Å². The lowest BCUT2D eigenvalue weighted by atomic mass is 10.0. The van der Waals surface area contributed by atoms with Crippen molar-refractivity contribution in [3.8, 4) is 0 Å². The number of hydrogen-bond donors (Lipinski definition) is 1. The fourth-order valence-electron chi connectivity index (χ4n) is 2.19. The number of benzene rings is 1. The van der Waals surface area contributed by atoms with Gasteiger partial charge in [-0.3, -0.25) is 9.48 Å². The predicted molar refractivity (Wildman–Crippen MR) is 82.3 cm³/mol. The van der Waals surface area contributed by atoms with Crippen molar-refractivity contribution in [3.05, 3.63) is 51.8 Å². The molecule has 0 aliphatic carbocycles. The molecule has 2 N–H and O–H groups in total. The van der Waals surface area contributed by atoms with Crippen LogP contribution in [0, 0.1) is 6.92 Å². The van der Waals surface area contributed by atoms with Gasteiger partial charge in [0.25, 0.3) is 0 Å². The Kier molecular flexibility index (Phi) is 4.73. The Labute approximate surface area is 127 Å². The minimum Gasteiger partial charge on any atom is -0.324 e. The smallest absolute Gasteiger partial charge is 0.140 e. The van der Waals surface area contributed by atoms with Crippen molar-refractivity contribution in [1.29, 1.82) is 0 Å². The Morgan fingerprint density at radius 1 is 1.40 bits per heavy atom. The lowest BCUT2D eigenvalue weighted by Gasteiger charge is -2.11. The van der Waals surface area contributed by atoms with E-state index < -0.39 is 0 Å². The van der Waals surface area contributed by atoms with E-state index in [9.17, 15) is 4.79 Å². The van der Waals surface area contributed by atoms with Crippen molar-refractivity contribution in [3.63, 3.8) is 0 Å². The number of rotatable bonds is 5. The summed E-state index contributed by atoms with van der Waals surface area (Å²) >= 11 is 3.47. The van der Waals surface area contributed by atoms with Crippen molar-refractivity contribution in [2.45, 2.75) is 25.8 Å². The second-order valence-electron chi connectivity index (χ2n) is 4.91. The van der Waals surface area contributed by atoms with E-state index in [1.807, 2.05) is 44.3 Å². The van der Waals surface area contributed by atoms with E-state index in [1.165, 1.54) is 0 Å². The highest BCUT2D eigenvalue weighted by atomic mass is 79.9. The van der Waals surface area contributed by atoms with Crippen LogP contribution in [0.2, 0.25) is 0 Å². The van der Waals surface area contributed by atoms with E-state index in [-0.39, 0.29) is 11.8 Å². The molecule has 0 spiro atoms. The van der Waals surface area contributed by atoms with Crippen LogP contribution in [0.5, 0.6) is 0 Å². The van der Waals surface area contributed by atoms with E-state index >= 15 is 0 Å². The molecule has 0 aliphatic rings. The SMILES string of the molecule is Cc1nn(C)c(CC(=O)CC(N)c2ccccc2)c1Br. The molecule has 1 aromatic carbocycles. The fraction of sp³-hybridized carbons (Fsp3) is 0.333. The Bertz CT molecular complexity index is 607. The van der Waals surface area contributed by atoms with Gasteiger partial charge >= 0.3 is 0 Å². The molecule has 1 aromatic heterocycles. The first kappa shape index (κ1) is 14.9. The van der Waals surface area contributed by atoms with Crippen LogP contribution in [0.15, 0.2) is 34.8 Å². The number of halogens is 1. The molecule has 4 nitrogen and oxygen atoms in total. The molecule has 1 heterocycles. The zero-order valence-electron chi connectivity index (χ0n) is 11.6. The monoisotopic (exact) mass is 335 g/mol. The molecule has 0 fully saturated rings. The molecule has 0 radical (unpaired) electrons.